The topological polar surface area (TPSA) is 85.0 Å². The van der Waals surface area contributed by atoms with E-state index in [-0.39, 0.29) is 11.6 Å². The van der Waals surface area contributed by atoms with E-state index in [1.165, 1.54) is 18.2 Å². The second-order valence-electron chi connectivity index (χ2n) is 5.74. The summed E-state index contributed by atoms with van der Waals surface area (Å²) in [6, 6.07) is 7.34. The Kier molecular flexibility index (Phi) is 4.62. The van der Waals surface area contributed by atoms with E-state index in [1.807, 2.05) is 0 Å². The molecule has 0 amide bonds. The molecule has 1 aromatic carbocycles. The molecule has 0 unspecified atom stereocenters. The van der Waals surface area contributed by atoms with Crippen LogP contribution in [0.2, 0.25) is 0 Å². The third-order valence-corrected chi connectivity index (χ3v) is 4.01. The average Bonchev–Trinajstić information content (AvgIpc) is 3.06. The Bertz CT molecular complexity index is 947. The van der Waals surface area contributed by atoms with Crippen LogP contribution in [0.25, 0.3) is 5.69 Å². The van der Waals surface area contributed by atoms with Crippen LogP contribution in [0.5, 0.6) is 5.75 Å². The van der Waals surface area contributed by atoms with Crippen molar-refractivity contribution in [1.29, 1.82) is 0 Å². The molecular formula is C17H18FN5O2. The number of benzene rings is 1. The van der Waals surface area contributed by atoms with E-state index >= 15 is 0 Å². The minimum atomic E-state index is -0.394. The van der Waals surface area contributed by atoms with Crippen molar-refractivity contribution in [3.63, 3.8) is 0 Å². The third kappa shape index (κ3) is 3.58. The first-order chi connectivity index (χ1) is 12.0. The molecule has 0 bridgehead atoms. The lowest BCUT2D eigenvalue weighted by atomic mass is 10.2. The van der Waals surface area contributed by atoms with E-state index in [1.54, 1.807) is 41.5 Å². The Labute approximate surface area is 143 Å². The number of aryl methyl sites for hydroxylation is 1. The quantitative estimate of drug-likeness (QED) is 0.732. The molecule has 0 spiro atoms. The summed E-state index contributed by atoms with van der Waals surface area (Å²) in [4.78, 5) is 11.7. The summed E-state index contributed by atoms with van der Waals surface area (Å²) in [5.74, 6) is -0.565. The van der Waals surface area contributed by atoms with Gasteiger partial charge in [-0.05, 0) is 31.2 Å². The maximum Gasteiger partial charge on any atom is 0.223 e. The number of hydrogen-bond donors (Lipinski definition) is 2. The van der Waals surface area contributed by atoms with E-state index in [4.69, 9.17) is 0 Å². The normalized spacial score (nSPS) is 11.0. The molecule has 2 heterocycles. The van der Waals surface area contributed by atoms with Gasteiger partial charge in [0.05, 0.1) is 23.3 Å². The summed E-state index contributed by atoms with van der Waals surface area (Å²) in [5, 5.41) is 21.1. The van der Waals surface area contributed by atoms with Gasteiger partial charge >= 0.3 is 0 Å². The molecule has 3 aromatic rings. The van der Waals surface area contributed by atoms with E-state index in [0.717, 1.165) is 5.69 Å². The van der Waals surface area contributed by atoms with Gasteiger partial charge < -0.3 is 15.0 Å². The van der Waals surface area contributed by atoms with Crippen LogP contribution in [0.4, 0.5) is 4.39 Å². The lowest BCUT2D eigenvalue weighted by Crippen LogP contribution is -2.20. The van der Waals surface area contributed by atoms with Gasteiger partial charge in [0.15, 0.2) is 5.75 Å². The Morgan fingerprint density at radius 2 is 1.96 bits per heavy atom. The first kappa shape index (κ1) is 16.8. The molecule has 0 aliphatic rings. The predicted molar refractivity (Wildman–Crippen MR) is 89.9 cm³/mol. The van der Waals surface area contributed by atoms with Gasteiger partial charge in [0.2, 0.25) is 5.43 Å². The van der Waals surface area contributed by atoms with Crippen LogP contribution in [0.15, 0.2) is 41.3 Å². The summed E-state index contributed by atoms with van der Waals surface area (Å²) in [7, 11) is 1.79. The number of pyridine rings is 1. The number of hydrogen-bond acceptors (Lipinski definition) is 5. The molecule has 0 saturated carbocycles. The minimum absolute atomic E-state index is 0.254. The molecule has 130 valence electrons. The highest BCUT2D eigenvalue weighted by Gasteiger charge is 2.11. The van der Waals surface area contributed by atoms with Crippen molar-refractivity contribution in [2.75, 3.05) is 0 Å². The summed E-state index contributed by atoms with van der Waals surface area (Å²) < 4.78 is 16.3. The van der Waals surface area contributed by atoms with E-state index in [9.17, 15) is 14.3 Å². The van der Waals surface area contributed by atoms with Crippen LogP contribution < -0.4 is 10.7 Å². The van der Waals surface area contributed by atoms with Gasteiger partial charge in [-0.2, -0.15) is 0 Å². The largest absolute Gasteiger partial charge is 0.503 e. The molecule has 2 aromatic heterocycles. The smallest absolute Gasteiger partial charge is 0.223 e. The van der Waals surface area contributed by atoms with Crippen molar-refractivity contribution >= 4 is 0 Å². The summed E-state index contributed by atoms with van der Waals surface area (Å²) >= 11 is 0. The second-order valence-corrected chi connectivity index (χ2v) is 5.74. The zero-order chi connectivity index (χ0) is 18.0. The average molecular weight is 343 g/mol. The molecule has 0 atom stereocenters. The van der Waals surface area contributed by atoms with Gasteiger partial charge in [-0.1, -0.05) is 5.21 Å². The number of rotatable bonds is 5. The number of nitrogens with zero attached hydrogens (tertiary/aromatic N) is 4. The lowest BCUT2D eigenvalue weighted by molar-refractivity contribution is 0.445. The van der Waals surface area contributed by atoms with Crippen molar-refractivity contribution in [1.82, 2.24) is 24.9 Å². The lowest BCUT2D eigenvalue weighted by Gasteiger charge is -2.13. The Morgan fingerprint density at radius 3 is 2.68 bits per heavy atom. The molecule has 2 N–H and O–H groups in total. The standard InChI is InChI=1S/C17H18FN5O2/c1-11-7-16(24)17(25)15(22(11)2)9-19-8-13-10-23(21-20-13)14-5-3-12(18)4-6-14/h3-7,10,19,25H,8-9H2,1-2H3. The third-order valence-electron chi connectivity index (χ3n) is 4.01. The van der Waals surface area contributed by atoms with Crippen LogP contribution >= 0.6 is 0 Å². The van der Waals surface area contributed by atoms with Crippen LogP contribution in [0.1, 0.15) is 17.1 Å². The first-order valence-electron chi connectivity index (χ1n) is 7.72. The Morgan fingerprint density at radius 1 is 1.24 bits per heavy atom. The van der Waals surface area contributed by atoms with Gasteiger partial charge in [0.1, 0.15) is 5.82 Å². The van der Waals surface area contributed by atoms with Gasteiger partial charge in [-0.3, -0.25) is 4.79 Å². The first-order valence-corrected chi connectivity index (χ1v) is 7.72. The fourth-order valence-electron chi connectivity index (χ4n) is 2.48. The van der Waals surface area contributed by atoms with Gasteiger partial charge in [0, 0.05) is 31.9 Å². The monoisotopic (exact) mass is 343 g/mol. The molecular weight excluding hydrogens is 325 g/mol. The fourth-order valence-corrected chi connectivity index (χ4v) is 2.48. The number of aromatic nitrogens is 4. The maximum atomic E-state index is 13.0. The molecule has 0 radical (unpaired) electrons. The second kappa shape index (κ2) is 6.86. The van der Waals surface area contributed by atoms with Crippen molar-refractivity contribution in [2.24, 2.45) is 7.05 Å². The van der Waals surface area contributed by atoms with Crippen molar-refractivity contribution in [2.45, 2.75) is 20.0 Å². The van der Waals surface area contributed by atoms with E-state index < -0.39 is 5.43 Å². The van der Waals surface area contributed by atoms with Crippen LogP contribution in [0, 0.1) is 12.7 Å². The molecule has 0 aliphatic heterocycles. The highest BCUT2D eigenvalue weighted by atomic mass is 19.1. The summed E-state index contributed by atoms with van der Waals surface area (Å²) in [6.07, 6.45) is 1.73. The van der Waals surface area contributed by atoms with Crippen molar-refractivity contribution in [3.8, 4) is 11.4 Å². The number of halogens is 1. The van der Waals surface area contributed by atoms with Crippen molar-refractivity contribution in [3.05, 3.63) is 69.7 Å². The van der Waals surface area contributed by atoms with Crippen LogP contribution in [-0.2, 0) is 20.1 Å². The van der Waals surface area contributed by atoms with Gasteiger partial charge in [-0.25, -0.2) is 9.07 Å². The Hall–Kier alpha value is -3.00. The van der Waals surface area contributed by atoms with E-state index in [2.05, 4.69) is 15.6 Å². The van der Waals surface area contributed by atoms with E-state index in [0.29, 0.717) is 30.2 Å². The Balaban J connectivity index is 1.68. The molecule has 0 saturated heterocycles. The van der Waals surface area contributed by atoms with Crippen LogP contribution in [-0.4, -0.2) is 24.7 Å². The number of aromatic hydroxyl groups is 1. The van der Waals surface area contributed by atoms with Crippen LogP contribution in [0.3, 0.4) is 0 Å². The SMILES string of the molecule is Cc1cc(=O)c(O)c(CNCc2cn(-c3ccc(F)cc3)nn2)n1C. The maximum absolute atomic E-state index is 13.0. The zero-order valence-electron chi connectivity index (χ0n) is 13.9. The van der Waals surface area contributed by atoms with Gasteiger partial charge in [-0.15, -0.1) is 5.10 Å². The molecule has 8 heteroatoms. The minimum Gasteiger partial charge on any atom is -0.503 e. The zero-order valence-corrected chi connectivity index (χ0v) is 13.9. The molecule has 0 fully saturated rings. The molecule has 25 heavy (non-hydrogen) atoms. The number of nitrogens with one attached hydrogen (secondary N) is 1. The highest BCUT2D eigenvalue weighted by molar-refractivity contribution is 5.31. The molecule has 0 aliphatic carbocycles. The van der Waals surface area contributed by atoms with Crippen molar-refractivity contribution < 1.29 is 9.50 Å². The molecule has 7 nitrogen and oxygen atoms in total. The summed E-state index contributed by atoms with van der Waals surface area (Å²) in [6.45, 7) is 2.52. The molecule has 3 rings (SSSR count). The predicted octanol–water partition coefficient (Wildman–Crippen LogP) is 1.41. The fraction of sp³-hybridized carbons (Fsp3) is 0.235. The highest BCUT2D eigenvalue weighted by Crippen LogP contribution is 2.13. The summed E-state index contributed by atoms with van der Waals surface area (Å²) in [5.41, 5.74) is 2.27. The van der Waals surface area contributed by atoms with Gasteiger partial charge in [0.25, 0.3) is 0 Å².